The molecular formula is C11H15ClN2O. The first-order valence-corrected chi connectivity index (χ1v) is 6.15. The highest BCUT2D eigenvalue weighted by Gasteiger charge is 2.42. The van der Waals surface area contributed by atoms with Crippen molar-refractivity contribution < 1.29 is 4.52 Å². The van der Waals surface area contributed by atoms with Gasteiger partial charge in [0.2, 0.25) is 5.89 Å². The second-order valence-corrected chi connectivity index (χ2v) is 5.54. The number of fused-ring (bicyclic) bond motifs is 2. The van der Waals surface area contributed by atoms with Crippen LogP contribution in [0.25, 0.3) is 0 Å². The highest BCUT2D eigenvalue weighted by molar-refractivity contribution is 6.20. The van der Waals surface area contributed by atoms with Crippen molar-refractivity contribution in [3.63, 3.8) is 0 Å². The van der Waals surface area contributed by atoms with Crippen LogP contribution < -0.4 is 0 Å². The Bertz CT molecular complexity index is 363. The van der Waals surface area contributed by atoms with Crippen LogP contribution in [-0.2, 0) is 0 Å². The minimum atomic E-state index is -0.152. The van der Waals surface area contributed by atoms with Crippen molar-refractivity contribution in [3.05, 3.63) is 11.7 Å². The van der Waals surface area contributed by atoms with Crippen molar-refractivity contribution >= 4 is 11.6 Å². The van der Waals surface area contributed by atoms with Crippen LogP contribution in [0.15, 0.2) is 4.52 Å². The normalized spacial score (nSPS) is 36.0. The Morgan fingerprint density at radius 1 is 1.40 bits per heavy atom. The molecule has 2 saturated carbocycles. The molecule has 0 saturated heterocycles. The molecule has 3 nitrogen and oxygen atoms in total. The fourth-order valence-electron chi connectivity index (χ4n) is 3.11. The van der Waals surface area contributed by atoms with Crippen LogP contribution in [0.4, 0.5) is 0 Å². The van der Waals surface area contributed by atoms with E-state index in [4.69, 9.17) is 16.1 Å². The largest absolute Gasteiger partial charge is 0.339 e. The average Bonchev–Trinajstić information content (AvgIpc) is 2.93. The van der Waals surface area contributed by atoms with Crippen LogP contribution in [0.3, 0.4) is 0 Å². The molecule has 2 aliphatic carbocycles. The van der Waals surface area contributed by atoms with Crippen molar-refractivity contribution in [1.82, 2.24) is 10.1 Å². The lowest BCUT2D eigenvalue weighted by Gasteiger charge is -2.17. The first-order chi connectivity index (χ1) is 7.24. The van der Waals surface area contributed by atoms with Gasteiger partial charge in [-0.15, -0.1) is 11.6 Å². The highest BCUT2D eigenvalue weighted by atomic mass is 35.5. The van der Waals surface area contributed by atoms with Crippen molar-refractivity contribution in [2.24, 2.45) is 11.8 Å². The lowest BCUT2D eigenvalue weighted by atomic mass is 9.89. The third kappa shape index (κ3) is 1.57. The number of hydrogen-bond donors (Lipinski definition) is 0. The van der Waals surface area contributed by atoms with E-state index >= 15 is 0 Å². The van der Waals surface area contributed by atoms with Gasteiger partial charge in [0, 0.05) is 5.92 Å². The number of nitrogens with zero attached hydrogens (tertiary/aromatic N) is 2. The molecule has 0 N–H and O–H groups in total. The average molecular weight is 227 g/mol. The van der Waals surface area contributed by atoms with Crippen molar-refractivity contribution in [3.8, 4) is 0 Å². The van der Waals surface area contributed by atoms with Gasteiger partial charge in [0.05, 0.1) is 5.38 Å². The molecule has 1 heterocycles. The summed E-state index contributed by atoms with van der Waals surface area (Å²) in [5.41, 5.74) is 0. The van der Waals surface area contributed by atoms with E-state index in [1.807, 2.05) is 6.92 Å². The molecule has 82 valence electrons. The highest BCUT2D eigenvalue weighted by Crippen LogP contribution is 2.52. The van der Waals surface area contributed by atoms with Gasteiger partial charge in [-0.25, -0.2) is 0 Å². The first-order valence-electron chi connectivity index (χ1n) is 5.71. The lowest BCUT2D eigenvalue weighted by Crippen LogP contribution is -2.08. The van der Waals surface area contributed by atoms with Gasteiger partial charge in [0.15, 0.2) is 5.82 Å². The Balaban J connectivity index is 1.81. The zero-order valence-corrected chi connectivity index (χ0v) is 9.57. The first kappa shape index (κ1) is 9.64. The van der Waals surface area contributed by atoms with Crippen LogP contribution in [0.1, 0.15) is 55.6 Å². The molecule has 1 aromatic rings. The van der Waals surface area contributed by atoms with E-state index < -0.39 is 0 Å². The van der Waals surface area contributed by atoms with Crippen LogP contribution in [0, 0.1) is 11.8 Å². The standard InChI is InChI=1S/C11H15ClN2O/c1-6(12)10-13-11(15-14-10)9-5-7-2-3-8(9)4-7/h6-9H,2-5H2,1H3. The van der Waals surface area contributed by atoms with Crippen molar-refractivity contribution in [2.75, 3.05) is 0 Å². The van der Waals surface area contributed by atoms with E-state index in [0.29, 0.717) is 11.7 Å². The Morgan fingerprint density at radius 3 is 2.80 bits per heavy atom. The number of halogens is 1. The fraction of sp³-hybridized carbons (Fsp3) is 0.818. The number of alkyl halides is 1. The summed E-state index contributed by atoms with van der Waals surface area (Å²) < 4.78 is 5.32. The van der Waals surface area contributed by atoms with Gasteiger partial charge in [0.1, 0.15) is 0 Å². The molecule has 4 atom stereocenters. The van der Waals surface area contributed by atoms with E-state index in [1.54, 1.807) is 0 Å². The number of rotatable bonds is 2. The summed E-state index contributed by atoms with van der Waals surface area (Å²) in [7, 11) is 0. The second-order valence-electron chi connectivity index (χ2n) is 4.89. The molecule has 2 aliphatic rings. The molecule has 1 aromatic heterocycles. The molecule has 0 amide bonds. The Hall–Kier alpha value is -0.570. The van der Waals surface area contributed by atoms with Crippen molar-refractivity contribution in [2.45, 2.75) is 43.9 Å². The number of aromatic nitrogens is 2. The maximum absolute atomic E-state index is 5.92. The summed E-state index contributed by atoms with van der Waals surface area (Å²) in [6, 6.07) is 0. The van der Waals surface area contributed by atoms with Gasteiger partial charge in [-0.2, -0.15) is 4.98 Å². The van der Waals surface area contributed by atoms with E-state index in [-0.39, 0.29) is 5.38 Å². The molecule has 4 heteroatoms. The van der Waals surface area contributed by atoms with Crippen molar-refractivity contribution in [1.29, 1.82) is 0 Å². The zero-order chi connectivity index (χ0) is 10.4. The van der Waals surface area contributed by atoms with Gasteiger partial charge in [-0.05, 0) is 38.0 Å². The summed E-state index contributed by atoms with van der Waals surface area (Å²) in [6.45, 7) is 1.87. The van der Waals surface area contributed by atoms with Crippen LogP contribution >= 0.6 is 11.6 Å². The maximum Gasteiger partial charge on any atom is 0.230 e. The molecule has 3 rings (SSSR count). The van der Waals surface area contributed by atoms with E-state index in [2.05, 4.69) is 10.1 Å². The van der Waals surface area contributed by atoms with Gasteiger partial charge in [0.25, 0.3) is 0 Å². The molecule has 2 fully saturated rings. The molecule has 0 spiro atoms. The van der Waals surface area contributed by atoms with Gasteiger partial charge >= 0.3 is 0 Å². The van der Waals surface area contributed by atoms with Gasteiger partial charge in [-0.1, -0.05) is 11.6 Å². The molecule has 4 unspecified atom stereocenters. The van der Waals surface area contributed by atoms with Gasteiger partial charge < -0.3 is 4.52 Å². The summed E-state index contributed by atoms with van der Waals surface area (Å²) >= 11 is 5.92. The lowest BCUT2D eigenvalue weighted by molar-refractivity contribution is 0.300. The maximum atomic E-state index is 5.92. The summed E-state index contributed by atoms with van der Waals surface area (Å²) in [5, 5.41) is 3.77. The monoisotopic (exact) mass is 226 g/mol. The predicted molar refractivity (Wildman–Crippen MR) is 56.8 cm³/mol. The number of hydrogen-bond acceptors (Lipinski definition) is 3. The second kappa shape index (κ2) is 3.48. The van der Waals surface area contributed by atoms with Crippen LogP contribution in [-0.4, -0.2) is 10.1 Å². The molecular weight excluding hydrogens is 212 g/mol. The summed E-state index contributed by atoms with van der Waals surface area (Å²) in [6.07, 6.45) is 5.33. The smallest absolute Gasteiger partial charge is 0.230 e. The summed E-state index contributed by atoms with van der Waals surface area (Å²) in [4.78, 5) is 4.40. The van der Waals surface area contributed by atoms with Gasteiger partial charge in [-0.3, -0.25) is 0 Å². The molecule has 15 heavy (non-hydrogen) atoms. The third-order valence-corrected chi connectivity index (χ3v) is 4.06. The Kier molecular flexibility index (Phi) is 2.23. The minimum absolute atomic E-state index is 0.152. The van der Waals surface area contributed by atoms with Crippen LogP contribution in [0.5, 0.6) is 0 Å². The minimum Gasteiger partial charge on any atom is -0.339 e. The molecule has 2 bridgehead atoms. The molecule has 0 aromatic carbocycles. The fourth-order valence-corrected chi connectivity index (χ4v) is 3.20. The third-order valence-electron chi connectivity index (χ3n) is 3.87. The molecule has 0 radical (unpaired) electrons. The topological polar surface area (TPSA) is 38.9 Å². The van der Waals surface area contributed by atoms with Crippen LogP contribution in [0.2, 0.25) is 0 Å². The Labute approximate surface area is 94.2 Å². The quantitative estimate of drug-likeness (QED) is 0.727. The van der Waals surface area contributed by atoms with E-state index in [0.717, 1.165) is 17.7 Å². The van der Waals surface area contributed by atoms with E-state index in [9.17, 15) is 0 Å². The van der Waals surface area contributed by atoms with E-state index in [1.165, 1.54) is 25.7 Å². The predicted octanol–water partition coefficient (Wildman–Crippen LogP) is 3.27. The zero-order valence-electron chi connectivity index (χ0n) is 8.82. The Morgan fingerprint density at radius 2 is 2.27 bits per heavy atom. The summed E-state index contributed by atoms with van der Waals surface area (Å²) in [5.74, 6) is 3.66. The SMILES string of the molecule is CC(Cl)c1noc(C2CC3CCC2C3)n1. The molecule has 0 aliphatic heterocycles.